The molecular weight excluding hydrogens is 215 g/mol. The molecule has 0 radical (unpaired) electrons. The molecule has 0 bridgehead atoms. The molecule has 0 aliphatic carbocycles. The number of halogens is 3. The molecule has 1 nitrogen and oxygen atoms in total. The van der Waals surface area contributed by atoms with E-state index in [1.54, 1.807) is 6.07 Å². The van der Waals surface area contributed by atoms with E-state index < -0.39 is 11.7 Å². The number of anilines is 1. The standard InChI is InChI=1S/C12H16F3N/c1-4-16-11-6-9(8(2)3)5-10(7-11)12(13,14)15/h5-8,16H,4H2,1-3H3. The first-order valence-electron chi connectivity index (χ1n) is 5.30. The van der Waals surface area contributed by atoms with Gasteiger partial charge in [0.1, 0.15) is 0 Å². The summed E-state index contributed by atoms with van der Waals surface area (Å²) in [4.78, 5) is 0. The van der Waals surface area contributed by atoms with E-state index >= 15 is 0 Å². The van der Waals surface area contributed by atoms with Crippen LogP contribution in [0.15, 0.2) is 18.2 Å². The summed E-state index contributed by atoms with van der Waals surface area (Å²) in [6, 6.07) is 4.13. The van der Waals surface area contributed by atoms with Crippen LogP contribution < -0.4 is 5.32 Å². The third-order valence-corrected chi connectivity index (χ3v) is 2.33. The Bertz CT molecular complexity index is 356. The van der Waals surface area contributed by atoms with Crippen molar-refractivity contribution in [2.75, 3.05) is 11.9 Å². The molecule has 1 N–H and O–H groups in total. The number of alkyl halides is 3. The number of hydrogen-bond donors (Lipinski definition) is 1. The summed E-state index contributed by atoms with van der Waals surface area (Å²) in [5.74, 6) is 0.0831. The quantitative estimate of drug-likeness (QED) is 0.819. The molecule has 0 unspecified atom stereocenters. The molecule has 0 aliphatic heterocycles. The van der Waals surface area contributed by atoms with Crippen molar-refractivity contribution in [3.63, 3.8) is 0 Å². The van der Waals surface area contributed by atoms with Crippen molar-refractivity contribution in [2.45, 2.75) is 32.9 Å². The van der Waals surface area contributed by atoms with E-state index in [-0.39, 0.29) is 5.92 Å². The smallest absolute Gasteiger partial charge is 0.385 e. The van der Waals surface area contributed by atoms with E-state index in [9.17, 15) is 13.2 Å². The van der Waals surface area contributed by atoms with Crippen molar-refractivity contribution in [3.05, 3.63) is 29.3 Å². The van der Waals surface area contributed by atoms with Gasteiger partial charge in [-0.05, 0) is 36.6 Å². The lowest BCUT2D eigenvalue weighted by molar-refractivity contribution is -0.137. The SMILES string of the molecule is CCNc1cc(C(C)C)cc(C(F)(F)F)c1. The highest BCUT2D eigenvalue weighted by molar-refractivity contribution is 5.50. The third kappa shape index (κ3) is 3.15. The summed E-state index contributed by atoms with van der Waals surface area (Å²) in [6.07, 6.45) is -4.28. The second kappa shape index (κ2) is 4.76. The van der Waals surface area contributed by atoms with E-state index in [1.807, 2.05) is 20.8 Å². The van der Waals surface area contributed by atoms with Gasteiger partial charge in [-0.15, -0.1) is 0 Å². The van der Waals surface area contributed by atoms with Crippen molar-refractivity contribution < 1.29 is 13.2 Å². The zero-order valence-corrected chi connectivity index (χ0v) is 9.65. The second-order valence-corrected chi connectivity index (χ2v) is 4.03. The molecule has 0 atom stereocenters. The Morgan fingerprint density at radius 1 is 1.19 bits per heavy atom. The molecular formula is C12H16F3N. The van der Waals surface area contributed by atoms with Gasteiger partial charge in [0.25, 0.3) is 0 Å². The van der Waals surface area contributed by atoms with Crippen LogP contribution in [0.2, 0.25) is 0 Å². The summed E-state index contributed by atoms with van der Waals surface area (Å²) in [7, 11) is 0. The second-order valence-electron chi connectivity index (χ2n) is 4.03. The number of rotatable bonds is 3. The normalized spacial score (nSPS) is 11.9. The van der Waals surface area contributed by atoms with Crippen LogP contribution in [0.1, 0.15) is 37.8 Å². The van der Waals surface area contributed by atoms with Crippen molar-refractivity contribution in [2.24, 2.45) is 0 Å². The highest BCUT2D eigenvalue weighted by Crippen LogP contribution is 2.33. The Labute approximate surface area is 93.7 Å². The predicted octanol–water partition coefficient (Wildman–Crippen LogP) is 4.26. The van der Waals surface area contributed by atoms with Crippen molar-refractivity contribution in [3.8, 4) is 0 Å². The highest BCUT2D eigenvalue weighted by Gasteiger charge is 2.31. The summed E-state index contributed by atoms with van der Waals surface area (Å²) in [5, 5.41) is 2.92. The predicted molar refractivity (Wildman–Crippen MR) is 59.7 cm³/mol. The summed E-state index contributed by atoms with van der Waals surface area (Å²) in [6.45, 7) is 6.23. The lowest BCUT2D eigenvalue weighted by Gasteiger charge is -2.14. The summed E-state index contributed by atoms with van der Waals surface area (Å²) in [5.41, 5.74) is 0.640. The van der Waals surface area contributed by atoms with Crippen molar-refractivity contribution in [1.29, 1.82) is 0 Å². The first-order valence-corrected chi connectivity index (χ1v) is 5.30. The molecule has 0 spiro atoms. The largest absolute Gasteiger partial charge is 0.416 e. The zero-order chi connectivity index (χ0) is 12.3. The van der Waals surface area contributed by atoms with Gasteiger partial charge in [-0.3, -0.25) is 0 Å². The molecule has 4 heteroatoms. The lowest BCUT2D eigenvalue weighted by atomic mass is 9.99. The van der Waals surface area contributed by atoms with E-state index in [0.29, 0.717) is 17.8 Å². The molecule has 1 aromatic carbocycles. The molecule has 0 saturated heterocycles. The lowest BCUT2D eigenvalue weighted by Crippen LogP contribution is -2.08. The topological polar surface area (TPSA) is 12.0 Å². The van der Waals surface area contributed by atoms with Gasteiger partial charge in [-0.25, -0.2) is 0 Å². The summed E-state index contributed by atoms with van der Waals surface area (Å²) < 4.78 is 37.9. The molecule has 0 fully saturated rings. The maximum absolute atomic E-state index is 12.6. The van der Waals surface area contributed by atoms with Gasteiger partial charge < -0.3 is 5.32 Å². The van der Waals surface area contributed by atoms with Gasteiger partial charge in [0, 0.05) is 12.2 Å². The monoisotopic (exact) mass is 231 g/mol. The average Bonchev–Trinajstić information content (AvgIpc) is 2.16. The van der Waals surface area contributed by atoms with Crippen molar-refractivity contribution >= 4 is 5.69 Å². The van der Waals surface area contributed by atoms with Crippen LogP contribution in [0.25, 0.3) is 0 Å². The van der Waals surface area contributed by atoms with E-state index in [1.165, 1.54) is 6.07 Å². The van der Waals surface area contributed by atoms with Gasteiger partial charge in [0.05, 0.1) is 5.56 Å². The van der Waals surface area contributed by atoms with E-state index in [4.69, 9.17) is 0 Å². The van der Waals surface area contributed by atoms with Gasteiger partial charge in [-0.2, -0.15) is 13.2 Å². The van der Waals surface area contributed by atoms with E-state index in [2.05, 4.69) is 5.32 Å². The van der Waals surface area contributed by atoms with Crippen LogP contribution in [-0.4, -0.2) is 6.54 Å². The molecule has 1 rings (SSSR count). The van der Waals surface area contributed by atoms with Gasteiger partial charge in [0.15, 0.2) is 0 Å². The molecule has 0 amide bonds. The van der Waals surface area contributed by atoms with Crippen LogP contribution in [0.4, 0.5) is 18.9 Å². The first-order chi connectivity index (χ1) is 7.34. The molecule has 0 aromatic heterocycles. The molecule has 0 aliphatic rings. The highest BCUT2D eigenvalue weighted by atomic mass is 19.4. The zero-order valence-electron chi connectivity index (χ0n) is 9.65. The van der Waals surface area contributed by atoms with Gasteiger partial charge >= 0.3 is 6.18 Å². The van der Waals surface area contributed by atoms with Crippen LogP contribution in [0.5, 0.6) is 0 Å². The van der Waals surface area contributed by atoms with Gasteiger partial charge in [0.2, 0.25) is 0 Å². The van der Waals surface area contributed by atoms with Crippen LogP contribution in [-0.2, 0) is 6.18 Å². The number of nitrogens with one attached hydrogen (secondary N) is 1. The maximum atomic E-state index is 12.6. The Hall–Kier alpha value is -1.19. The minimum Gasteiger partial charge on any atom is -0.385 e. The first kappa shape index (κ1) is 12.9. The summed E-state index contributed by atoms with van der Waals surface area (Å²) >= 11 is 0. The molecule has 0 heterocycles. The number of hydrogen-bond acceptors (Lipinski definition) is 1. The Balaban J connectivity index is 3.19. The van der Waals surface area contributed by atoms with Crippen LogP contribution in [0, 0.1) is 0 Å². The molecule has 90 valence electrons. The minimum absolute atomic E-state index is 0.0831. The Morgan fingerprint density at radius 3 is 2.25 bits per heavy atom. The Morgan fingerprint density at radius 2 is 1.81 bits per heavy atom. The molecule has 1 aromatic rings. The maximum Gasteiger partial charge on any atom is 0.416 e. The third-order valence-electron chi connectivity index (χ3n) is 2.33. The van der Waals surface area contributed by atoms with Crippen LogP contribution >= 0.6 is 0 Å². The fraction of sp³-hybridized carbons (Fsp3) is 0.500. The fourth-order valence-electron chi connectivity index (χ4n) is 1.45. The van der Waals surface area contributed by atoms with Crippen LogP contribution in [0.3, 0.4) is 0 Å². The minimum atomic E-state index is -4.28. The van der Waals surface area contributed by atoms with E-state index in [0.717, 1.165) is 6.07 Å². The number of benzene rings is 1. The molecule has 16 heavy (non-hydrogen) atoms. The molecule has 0 saturated carbocycles. The average molecular weight is 231 g/mol. The fourth-order valence-corrected chi connectivity index (χ4v) is 1.45. The van der Waals surface area contributed by atoms with Crippen molar-refractivity contribution in [1.82, 2.24) is 0 Å². The van der Waals surface area contributed by atoms with Gasteiger partial charge in [-0.1, -0.05) is 13.8 Å². The Kier molecular flexibility index (Phi) is 3.83.